The number of para-hydroxylation sites is 1. The van der Waals surface area contributed by atoms with Crippen molar-refractivity contribution in [3.05, 3.63) is 57.8 Å². The van der Waals surface area contributed by atoms with Crippen molar-refractivity contribution >= 4 is 17.0 Å². The van der Waals surface area contributed by atoms with E-state index < -0.39 is 0 Å². The molecule has 1 aromatic carbocycles. The van der Waals surface area contributed by atoms with Crippen LogP contribution in [0.15, 0.2) is 41.8 Å². The van der Waals surface area contributed by atoms with Gasteiger partial charge in [0.2, 0.25) is 0 Å². The molecule has 2 aromatic rings. The van der Waals surface area contributed by atoms with E-state index in [1.807, 2.05) is 11.3 Å². The number of rotatable bonds is 5. The van der Waals surface area contributed by atoms with Crippen LogP contribution in [0.5, 0.6) is 5.75 Å². The van der Waals surface area contributed by atoms with Crippen LogP contribution in [0.3, 0.4) is 0 Å². The largest absolute Gasteiger partial charge is 0.491 e. The Bertz CT molecular complexity index is 748. The smallest absolute Gasteiger partial charge is 0.142 e. The highest BCUT2D eigenvalue weighted by Crippen LogP contribution is 2.53. The lowest BCUT2D eigenvalue weighted by atomic mass is 9.78. The predicted octanol–water partition coefficient (Wildman–Crippen LogP) is 6.06. The summed E-state index contributed by atoms with van der Waals surface area (Å²) >= 11 is 1.88. The highest BCUT2D eigenvalue weighted by Gasteiger charge is 2.39. The van der Waals surface area contributed by atoms with Crippen LogP contribution in [0.1, 0.15) is 54.1 Å². The van der Waals surface area contributed by atoms with E-state index in [0.717, 1.165) is 31.6 Å². The normalized spacial score (nSPS) is 24.3. The minimum Gasteiger partial charge on any atom is -0.491 e. The molecule has 2 heterocycles. The molecule has 4 rings (SSSR count). The van der Waals surface area contributed by atoms with Crippen molar-refractivity contribution in [3.8, 4) is 5.75 Å². The molecular formula is C21H25NOS. The first-order valence-electron chi connectivity index (χ1n) is 9.02. The maximum absolute atomic E-state index is 6.11. The lowest BCUT2D eigenvalue weighted by molar-refractivity contribution is 0.308. The zero-order valence-electron chi connectivity index (χ0n) is 14.4. The van der Waals surface area contributed by atoms with Gasteiger partial charge in [-0.1, -0.05) is 37.6 Å². The van der Waals surface area contributed by atoms with Crippen LogP contribution in [-0.2, 0) is 0 Å². The summed E-state index contributed by atoms with van der Waals surface area (Å²) in [6.07, 6.45) is 8.17. The van der Waals surface area contributed by atoms with Crippen molar-refractivity contribution in [1.29, 1.82) is 0 Å². The maximum Gasteiger partial charge on any atom is 0.142 e. The van der Waals surface area contributed by atoms with Gasteiger partial charge in [0.1, 0.15) is 5.75 Å². The van der Waals surface area contributed by atoms with Crippen LogP contribution >= 0.6 is 11.3 Å². The number of thiophene rings is 1. The van der Waals surface area contributed by atoms with E-state index in [4.69, 9.17) is 4.74 Å². The van der Waals surface area contributed by atoms with Crippen LogP contribution in [0.25, 0.3) is 0 Å². The summed E-state index contributed by atoms with van der Waals surface area (Å²) < 4.78 is 6.11. The second-order valence-corrected chi connectivity index (χ2v) is 7.81. The van der Waals surface area contributed by atoms with Crippen molar-refractivity contribution in [2.24, 2.45) is 5.92 Å². The van der Waals surface area contributed by atoms with Crippen molar-refractivity contribution in [2.75, 3.05) is 11.9 Å². The SMILES string of the molecule is CCCCOc1cccc2c1NC(c1sccc1C)C1CC=CC21. The second-order valence-electron chi connectivity index (χ2n) is 6.87. The van der Waals surface area contributed by atoms with Crippen molar-refractivity contribution < 1.29 is 4.74 Å². The third kappa shape index (κ3) is 2.65. The van der Waals surface area contributed by atoms with Gasteiger partial charge in [-0.3, -0.25) is 0 Å². The first-order chi connectivity index (χ1) is 11.8. The molecule has 0 radical (unpaired) electrons. The summed E-state index contributed by atoms with van der Waals surface area (Å²) in [6.45, 7) is 5.22. The van der Waals surface area contributed by atoms with E-state index in [0.29, 0.717) is 17.9 Å². The number of benzene rings is 1. The van der Waals surface area contributed by atoms with E-state index >= 15 is 0 Å². The maximum atomic E-state index is 6.11. The number of nitrogens with one attached hydrogen (secondary N) is 1. The Morgan fingerprint density at radius 3 is 3.00 bits per heavy atom. The molecule has 0 bridgehead atoms. The fourth-order valence-electron chi connectivity index (χ4n) is 4.00. The summed E-state index contributed by atoms with van der Waals surface area (Å²) in [7, 11) is 0. The van der Waals surface area contributed by atoms with Gasteiger partial charge in [0.25, 0.3) is 0 Å². The Hall–Kier alpha value is -1.74. The fourth-order valence-corrected chi connectivity index (χ4v) is 5.06. The third-order valence-corrected chi connectivity index (χ3v) is 6.40. The number of ether oxygens (including phenoxy) is 1. The Morgan fingerprint density at radius 1 is 1.29 bits per heavy atom. The van der Waals surface area contributed by atoms with E-state index in [-0.39, 0.29) is 0 Å². The van der Waals surface area contributed by atoms with Gasteiger partial charge in [0, 0.05) is 10.8 Å². The number of allylic oxidation sites excluding steroid dienone is 2. The minimum absolute atomic E-state index is 0.383. The summed E-state index contributed by atoms with van der Waals surface area (Å²) in [5.41, 5.74) is 4.00. The Balaban J connectivity index is 1.72. The summed E-state index contributed by atoms with van der Waals surface area (Å²) in [5.74, 6) is 2.13. The zero-order chi connectivity index (χ0) is 16.5. The summed E-state index contributed by atoms with van der Waals surface area (Å²) in [5, 5.41) is 6.06. The molecule has 3 heteroatoms. The Kier molecular flexibility index (Phi) is 4.36. The second kappa shape index (κ2) is 6.64. The number of unbranched alkanes of at least 4 members (excludes halogenated alkanes) is 1. The molecule has 0 spiro atoms. The van der Waals surface area contributed by atoms with Gasteiger partial charge < -0.3 is 10.1 Å². The van der Waals surface area contributed by atoms with E-state index in [1.165, 1.54) is 21.7 Å². The van der Waals surface area contributed by atoms with Gasteiger partial charge in [0.15, 0.2) is 0 Å². The van der Waals surface area contributed by atoms with Gasteiger partial charge >= 0.3 is 0 Å². The molecule has 0 amide bonds. The number of hydrogen-bond acceptors (Lipinski definition) is 3. The molecule has 1 N–H and O–H groups in total. The predicted molar refractivity (Wildman–Crippen MR) is 102 cm³/mol. The monoisotopic (exact) mass is 339 g/mol. The molecule has 1 aliphatic heterocycles. The van der Waals surface area contributed by atoms with Crippen molar-refractivity contribution in [3.63, 3.8) is 0 Å². The molecule has 1 aliphatic carbocycles. The topological polar surface area (TPSA) is 21.3 Å². The molecule has 0 saturated carbocycles. The van der Waals surface area contributed by atoms with Crippen LogP contribution in [0, 0.1) is 12.8 Å². The molecule has 2 nitrogen and oxygen atoms in total. The van der Waals surface area contributed by atoms with Crippen LogP contribution in [-0.4, -0.2) is 6.61 Å². The third-order valence-electron chi connectivity index (χ3n) is 5.30. The molecule has 3 atom stereocenters. The standard InChI is InChI=1S/C21H25NOS/c1-3-4-12-23-18-10-6-9-16-15-7-5-8-17(15)20(22-19(16)18)21-14(2)11-13-24-21/h5-7,9-11,13,15,17,20,22H,3-4,8,12H2,1-2H3. The molecule has 2 aliphatic rings. The highest BCUT2D eigenvalue weighted by atomic mass is 32.1. The Labute approximate surface area is 148 Å². The van der Waals surface area contributed by atoms with Gasteiger partial charge in [-0.25, -0.2) is 0 Å². The molecule has 24 heavy (non-hydrogen) atoms. The summed E-state index contributed by atoms with van der Waals surface area (Å²) in [6, 6.07) is 9.13. The van der Waals surface area contributed by atoms with E-state index in [9.17, 15) is 0 Å². The lowest BCUT2D eigenvalue weighted by Crippen LogP contribution is -2.29. The molecular weight excluding hydrogens is 314 g/mol. The average molecular weight is 340 g/mol. The molecule has 3 unspecified atom stereocenters. The number of anilines is 1. The fraction of sp³-hybridized carbons (Fsp3) is 0.429. The van der Waals surface area contributed by atoms with Gasteiger partial charge in [-0.15, -0.1) is 11.3 Å². The molecule has 126 valence electrons. The molecule has 0 saturated heterocycles. The van der Waals surface area contributed by atoms with Crippen LogP contribution < -0.4 is 10.1 Å². The zero-order valence-corrected chi connectivity index (χ0v) is 15.2. The van der Waals surface area contributed by atoms with Gasteiger partial charge in [-0.05, 0) is 54.3 Å². The number of fused-ring (bicyclic) bond motifs is 3. The highest BCUT2D eigenvalue weighted by molar-refractivity contribution is 7.10. The lowest BCUT2D eigenvalue weighted by Gasteiger charge is -2.38. The first kappa shape index (κ1) is 15.8. The minimum atomic E-state index is 0.383. The summed E-state index contributed by atoms with van der Waals surface area (Å²) in [4.78, 5) is 1.47. The van der Waals surface area contributed by atoms with E-state index in [1.54, 1.807) is 0 Å². The van der Waals surface area contributed by atoms with Crippen LogP contribution in [0.4, 0.5) is 5.69 Å². The van der Waals surface area contributed by atoms with E-state index in [2.05, 4.69) is 61.0 Å². The van der Waals surface area contributed by atoms with Crippen molar-refractivity contribution in [1.82, 2.24) is 0 Å². The van der Waals surface area contributed by atoms with Crippen LogP contribution in [0.2, 0.25) is 0 Å². The Morgan fingerprint density at radius 2 is 2.21 bits per heavy atom. The molecule has 1 aromatic heterocycles. The van der Waals surface area contributed by atoms with Gasteiger partial charge in [-0.2, -0.15) is 0 Å². The van der Waals surface area contributed by atoms with Crippen molar-refractivity contribution in [2.45, 2.75) is 45.1 Å². The number of aryl methyl sites for hydroxylation is 1. The van der Waals surface area contributed by atoms with Gasteiger partial charge in [0.05, 0.1) is 18.3 Å². The average Bonchev–Trinajstić information content (AvgIpc) is 3.24. The molecule has 0 fully saturated rings. The quantitative estimate of drug-likeness (QED) is 0.528. The number of hydrogen-bond donors (Lipinski definition) is 1. The first-order valence-corrected chi connectivity index (χ1v) is 9.90.